The highest BCUT2D eigenvalue weighted by atomic mass is 16.4. The van der Waals surface area contributed by atoms with Crippen LogP contribution in [0.25, 0.3) is 0 Å². The standard InChI is InChI=1S/C12H13NO2/c1-3-6-9(2)13-11-8-5-4-7-10(11)12(14)15/h3-8,13H,1H2,2H3,(H,14,15)/b9-6+. The normalized spacial score (nSPS) is 10.9. The monoisotopic (exact) mass is 203 g/mol. The molecule has 15 heavy (non-hydrogen) atoms. The van der Waals surface area contributed by atoms with E-state index < -0.39 is 5.97 Å². The first-order valence-electron chi connectivity index (χ1n) is 4.54. The van der Waals surface area contributed by atoms with Crippen LogP contribution in [0.1, 0.15) is 17.3 Å². The number of hydrogen-bond acceptors (Lipinski definition) is 2. The van der Waals surface area contributed by atoms with Crippen molar-refractivity contribution in [2.45, 2.75) is 6.92 Å². The number of rotatable bonds is 4. The second kappa shape index (κ2) is 5.00. The summed E-state index contributed by atoms with van der Waals surface area (Å²) < 4.78 is 0. The summed E-state index contributed by atoms with van der Waals surface area (Å²) in [5, 5.41) is 11.9. The first kappa shape index (κ1) is 11.0. The Hall–Kier alpha value is -2.03. The average Bonchev–Trinajstić information content (AvgIpc) is 2.18. The number of aromatic carboxylic acids is 1. The van der Waals surface area contributed by atoms with Gasteiger partial charge in [-0.15, -0.1) is 0 Å². The lowest BCUT2D eigenvalue weighted by molar-refractivity contribution is 0.0698. The molecule has 1 aromatic carbocycles. The quantitative estimate of drug-likeness (QED) is 0.740. The molecule has 3 nitrogen and oxygen atoms in total. The predicted octanol–water partition coefficient (Wildman–Crippen LogP) is 2.89. The summed E-state index contributed by atoms with van der Waals surface area (Å²) in [7, 11) is 0. The zero-order valence-corrected chi connectivity index (χ0v) is 8.53. The zero-order chi connectivity index (χ0) is 11.3. The Bertz CT molecular complexity index is 408. The molecule has 0 aromatic heterocycles. The van der Waals surface area contributed by atoms with Gasteiger partial charge in [0.15, 0.2) is 0 Å². The van der Waals surface area contributed by atoms with Gasteiger partial charge in [-0.3, -0.25) is 0 Å². The van der Waals surface area contributed by atoms with Gasteiger partial charge >= 0.3 is 5.97 Å². The summed E-state index contributed by atoms with van der Waals surface area (Å²) in [6.07, 6.45) is 3.42. The number of carboxylic acids is 1. The van der Waals surface area contributed by atoms with Gasteiger partial charge in [-0.1, -0.05) is 24.8 Å². The highest BCUT2D eigenvalue weighted by molar-refractivity contribution is 5.94. The first-order chi connectivity index (χ1) is 7.15. The van der Waals surface area contributed by atoms with Gasteiger partial charge in [-0.2, -0.15) is 0 Å². The molecule has 0 saturated carbocycles. The molecule has 78 valence electrons. The van der Waals surface area contributed by atoms with Crippen LogP contribution >= 0.6 is 0 Å². The largest absolute Gasteiger partial charge is 0.478 e. The molecule has 0 aliphatic heterocycles. The van der Waals surface area contributed by atoms with Gasteiger partial charge in [-0.05, 0) is 25.1 Å². The summed E-state index contributed by atoms with van der Waals surface area (Å²) in [6, 6.07) is 6.77. The number of carboxylic acid groups (broad SMARTS) is 1. The maximum Gasteiger partial charge on any atom is 0.337 e. The first-order valence-corrected chi connectivity index (χ1v) is 4.54. The second-order valence-corrected chi connectivity index (χ2v) is 3.06. The number of nitrogens with one attached hydrogen (secondary N) is 1. The van der Waals surface area contributed by atoms with Crippen molar-refractivity contribution in [3.05, 3.63) is 54.3 Å². The summed E-state index contributed by atoms with van der Waals surface area (Å²) in [4.78, 5) is 10.9. The Morgan fingerprint density at radius 2 is 2.13 bits per heavy atom. The van der Waals surface area contributed by atoms with E-state index in [1.165, 1.54) is 0 Å². The van der Waals surface area contributed by atoms with Crippen LogP contribution in [0.3, 0.4) is 0 Å². The Labute approximate surface area is 88.7 Å². The lowest BCUT2D eigenvalue weighted by Gasteiger charge is -2.08. The molecule has 0 heterocycles. The molecule has 0 aliphatic rings. The summed E-state index contributed by atoms with van der Waals surface area (Å²) in [6.45, 7) is 5.41. The number of hydrogen-bond donors (Lipinski definition) is 2. The third-order valence-corrected chi connectivity index (χ3v) is 1.86. The third kappa shape index (κ3) is 2.98. The van der Waals surface area contributed by atoms with Crippen LogP contribution in [0.4, 0.5) is 5.69 Å². The van der Waals surface area contributed by atoms with Crippen LogP contribution in [0.15, 0.2) is 48.7 Å². The molecule has 0 atom stereocenters. The van der Waals surface area contributed by atoms with Crippen LogP contribution in [-0.2, 0) is 0 Å². The molecular formula is C12H13NO2. The van der Waals surface area contributed by atoms with E-state index in [1.54, 1.807) is 36.4 Å². The topological polar surface area (TPSA) is 49.3 Å². The van der Waals surface area contributed by atoms with Crippen molar-refractivity contribution in [2.75, 3.05) is 5.32 Å². The molecule has 0 spiro atoms. The van der Waals surface area contributed by atoms with Gasteiger partial charge in [-0.25, -0.2) is 4.79 Å². The van der Waals surface area contributed by atoms with Crippen molar-refractivity contribution >= 4 is 11.7 Å². The molecule has 0 bridgehead atoms. The fraction of sp³-hybridized carbons (Fsp3) is 0.0833. The number of benzene rings is 1. The number of anilines is 1. The minimum Gasteiger partial charge on any atom is -0.478 e. The Morgan fingerprint density at radius 3 is 2.73 bits per heavy atom. The SMILES string of the molecule is C=C/C=C(\C)Nc1ccccc1C(=O)O. The molecule has 1 aromatic rings. The Kier molecular flexibility index (Phi) is 3.68. The molecule has 0 unspecified atom stereocenters. The number of allylic oxidation sites excluding steroid dienone is 3. The predicted molar refractivity (Wildman–Crippen MR) is 61.0 cm³/mol. The maximum atomic E-state index is 10.9. The molecular weight excluding hydrogens is 190 g/mol. The lowest BCUT2D eigenvalue weighted by atomic mass is 10.1. The number of para-hydroxylation sites is 1. The maximum absolute atomic E-state index is 10.9. The summed E-state index contributed by atoms with van der Waals surface area (Å²) in [5.74, 6) is -0.940. The lowest BCUT2D eigenvalue weighted by Crippen LogP contribution is -2.04. The van der Waals surface area contributed by atoms with E-state index in [1.807, 2.05) is 6.92 Å². The molecule has 0 amide bonds. The van der Waals surface area contributed by atoms with Crippen molar-refractivity contribution in [1.82, 2.24) is 0 Å². The fourth-order valence-electron chi connectivity index (χ4n) is 1.21. The van der Waals surface area contributed by atoms with Crippen LogP contribution in [0.5, 0.6) is 0 Å². The van der Waals surface area contributed by atoms with Gasteiger partial charge in [0.2, 0.25) is 0 Å². The van der Waals surface area contributed by atoms with E-state index in [9.17, 15) is 4.79 Å². The van der Waals surface area contributed by atoms with E-state index in [-0.39, 0.29) is 5.56 Å². The highest BCUT2D eigenvalue weighted by Crippen LogP contribution is 2.16. The van der Waals surface area contributed by atoms with Crippen molar-refractivity contribution in [1.29, 1.82) is 0 Å². The van der Waals surface area contributed by atoms with Crippen molar-refractivity contribution < 1.29 is 9.90 Å². The molecule has 0 saturated heterocycles. The van der Waals surface area contributed by atoms with Gasteiger partial charge in [0, 0.05) is 5.70 Å². The van der Waals surface area contributed by atoms with Gasteiger partial charge < -0.3 is 10.4 Å². The smallest absolute Gasteiger partial charge is 0.337 e. The van der Waals surface area contributed by atoms with Crippen LogP contribution in [-0.4, -0.2) is 11.1 Å². The fourth-order valence-corrected chi connectivity index (χ4v) is 1.21. The minimum atomic E-state index is -0.940. The number of carbonyl (C=O) groups is 1. The van der Waals surface area contributed by atoms with Gasteiger partial charge in [0.05, 0.1) is 11.3 Å². The Morgan fingerprint density at radius 1 is 1.47 bits per heavy atom. The van der Waals surface area contributed by atoms with E-state index in [2.05, 4.69) is 11.9 Å². The van der Waals surface area contributed by atoms with Crippen molar-refractivity contribution in [3.8, 4) is 0 Å². The molecule has 1 rings (SSSR count). The van der Waals surface area contributed by atoms with Crippen LogP contribution in [0.2, 0.25) is 0 Å². The van der Waals surface area contributed by atoms with Crippen molar-refractivity contribution in [3.63, 3.8) is 0 Å². The highest BCUT2D eigenvalue weighted by Gasteiger charge is 2.07. The van der Waals surface area contributed by atoms with Crippen molar-refractivity contribution in [2.24, 2.45) is 0 Å². The summed E-state index contributed by atoms with van der Waals surface area (Å²) in [5.41, 5.74) is 1.69. The zero-order valence-electron chi connectivity index (χ0n) is 8.53. The van der Waals surface area contributed by atoms with E-state index >= 15 is 0 Å². The minimum absolute atomic E-state index is 0.259. The third-order valence-electron chi connectivity index (χ3n) is 1.86. The molecule has 3 heteroatoms. The van der Waals surface area contributed by atoms with E-state index in [4.69, 9.17) is 5.11 Å². The second-order valence-electron chi connectivity index (χ2n) is 3.06. The molecule has 0 radical (unpaired) electrons. The van der Waals surface area contributed by atoms with Crippen LogP contribution in [0, 0.1) is 0 Å². The molecule has 0 fully saturated rings. The summed E-state index contributed by atoms with van der Waals surface area (Å²) >= 11 is 0. The molecule has 0 aliphatic carbocycles. The van der Waals surface area contributed by atoms with E-state index in [0.29, 0.717) is 5.69 Å². The van der Waals surface area contributed by atoms with Crippen LogP contribution < -0.4 is 5.32 Å². The average molecular weight is 203 g/mol. The van der Waals surface area contributed by atoms with E-state index in [0.717, 1.165) is 5.70 Å². The molecule has 2 N–H and O–H groups in total. The van der Waals surface area contributed by atoms with Gasteiger partial charge in [0.1, 0.15) is 0 Å². The van der Waals surface area contributed by atoms with Gasteiger partial charge in [0.25, 0.3) is 0 Å². The Balaban J connectivity index is 2.99.